The second-order valence-corrected chi connectivity index (χ2v) is 9.94. The van der Waals surface area contributed by atoms with Gasteiger partial charge >= 0.3 is 0 Å². The summed E-state index contributed by atoms with van der Waals surface area (Å²) in [5, 5.41) is 22.3. The molecule has 1 aliphatic rings. The number of likely N-dealkylation sites (N-methyl/N-ethyl adjacent to an activating group) is 1. The standard InChI is InChI=1S/C26H44N8O4/c1-4-33(13-14-35)17-9-10-19(27)18(15-17)23(36)20(7-5-11-31-26(29)30)32-24(37)21-8-6-12-34(21)25(38)22(28)16(2)3/h9-10,15-16,20-22,35H,4-8,11-14,27-28H2,1-3H3,(H,32,37)(H4,29,30,31)/t20-,21-,22+/m0/s1. The average Bonchev–Trinajstić information content (AvgIpc) is 3.38. The number of anilines is 2. The topological polar surface area (TPSA) is 204 Å². The van der Waals surface area contributed by atoms with E-state index in [1.165, 1.54) is 4.90 Å². The van der Waals surface area contributed by atoms with E-state index in [-0.39, 0.29) is 47.8 Å². The summed E-state index contributed by atoms with van der Waals surface area (Å²) in [6.07, 6.45) is 1.88. The highest BCUT2D eigenvalue weighted by Gasteiger charge is 2.38. The van der Waals surface area contributed by atoms with Gasteiger partial charge in [0.15, 0.2) is 11.7 Å². The third-order valence-electron chi connectivity index (χ3n) is 6.88. The van der Waals surface area contributed by atoms with Crippen LogP contribution in [0.2, 0.25) is 0 Å². The molecule has 0 saturated carbocycles. The van der Waals surface area contributed by atoms with Crippen molar-refractivity contribution >= 4 is 34.9 Å². The van der Waals surface area contributed by atoms with Gasteiger partial charge in [-0.05, 0) is 56.7 Å². The zero-order valence-corrected chi connectivity index (χ0v) is 22.7. The zero-order valence-electron chi connectivity index (χ0n) is 22.7. The summed E-state index contributed by atoms with van der Waals surface area (Å²) in [5.74, 6) is -1.28. The van der Waals surface area contributed by atoms with Gasteiger partial charge in [0.05, 0.1) is 18.7 Å². The van der Waals surface area contributed by atoms with Gasteiger partial charge in [-0.1, -0.05) is 13.8 Å². The number of guanidine groups is 1. The minimum atomic E-state index is -0.905. The highest BCUT2D eigenvalue weighted by molar-refractivity contribution is 6.06. The van der Waals surface area contributed by atoms with Crippen LogP contribution in [-0.4, -0.2) is 84.5 Å². The molecule has 10 N–H and O–H groups in total. The molecule has 2 amide bonds. The summed E-state index contributed by atoms with van der Waals surface area (Å²) in [7, 11) is 0. The summed E-state index contributed by atoms with van der Waals surface area (Å²) in [6.45, 7) is 7.42. The average molecular weight is 533 g/mol. The van der Waals surface area contributed by atoms with Crippen LogP contribution in [-0.2, 0) is 9.59 Å². The second-order valence-electron chi connectivity index (χ2n) is 9.94. The number of nitrogens with two attached hydrogens (primary N) is 3. The lowest BCUT2D eigenvalue weighted by molar-refractivity contribution is -0.140. The molecule has 1 heterocycles. The Morgan fingerprint density at radius 2 is 2.00 bits per heavy atom. The zero-order chi connectivity index (χ0) is 28.4. The molecular formula is C26H44N8O4. The van der Waals surface area contributed by atoms with Crippen molar-refractivity contribution in [2.24, 2.45) is 17.4 Å². The number of benzene rings is 1. The van der Waals surface area contributed by atoms with Crippen molar-refractivity contribution < 1.29 is 19.5 Å². The molecular weight excluding hydrogens is 488 g/mol. The van der Waals surface area contributed by atoms with Gasteiger partial charge < -0.3 is 42.7 Å². The van der Waals surface area contributed by atoms with Crippen molar-refractivity contribution in [2.75, 3.05) is 43.4 Å². The van der Waals surface area contributed by atoms with Gasteiger partial charge in [-0.3, -0.25) is 19.8 Å². The molecule has 0 aliphatic carbocycles. The smallest absolute Gasteiger partial charge is 0.243 e. The first-order valence-corrected chi connectivity index (χ1v) is 13.3. The molecule has 0 bridgehead atoms. The monoisotopic (exact) mass is 532 g/mol. The summed E-state index contributed by atoms with van der Waals surface area (Å²) in [5.41, 5.74) is 18.9. The number of Topliss-reactive ketones (excluding diaryl/α,β-unsaturated/α-hetero) is 1. The number of aliphatic hydroxyl groups excluding tert-OH is 1. The SMILES string of the molecule is CCN(CCO)c1ccc(N)c(C(=O)[C@H](CCCNC(=N)N)NC(=O)[C@@H]2CCCN2C(=O)[C@H](N)C(C)C)c1. The Kier molecular flexibility index (Phi) is 11.8. The van der Waals surface area contributed by atoms with E-state index in [9.17, 15) is 19.5 Å². The van der Waals surface area contributed by atoms with Crippen LogP contribution >= 0.6 is 0 Å². The lowest BCUT2D eigenvalue weighted by atomic mass is 9.97. The molecule has 2 rings (SSSR count). The number of carbonyl (C=O) groups is 3. The molecule has 1 aromatic rings. The molecule has 0 aromatic heterocycles. The molecule has 1 aliphatic heterocycles. The Labute approximate surface area is 224 Å². The number of nitrogen functional groups attached to an aromatic ring is 1. The molecule has 12 nitrogen and oxygen atoms in total. The fraction of sp³-hybridized carbons (Fsp3) is 0.615. The van der Waals surface area contributed by atoms with E-state index in [1.807, 2.05) is 25.7 Å². The fourth-order valence-corrected chi connectivity index (χ4v) is 4.58. The second kappa shape index (κ2) is 14.5. The maximum atomic E-state index is 13.7. The van der Waals surface area contributed by atoms with Crippen LogP contribution in [0.15, 0.2) is 18.2 Å². The number of nitrogens with zero attached hydrogens (tertiary/aromatic N) is 2. The minimum Gasteiger partial charge on any atom is -0.398 e. The first kappa shape index (κ1) is 30.8. The van der Waals surface area contributed by atoms with Gasteiger partial charge in [0.2, 0.25) is 11.8 Å². The maximum Gasteiger partial charge on any atom is 0.243 e. The van der Waals surface area contributed by atoms with Crippen molar-refractivity contribution in [3.05, 3.63) is 23.8 Å². The number of hydrogen-bond acceptors (Lipinski definition) is 8. The first-order valence-electron chi connectivity index (χ1n) is 13.3. The lowest BCUT2D eigenvalue weighted by Gasteiger charge is -2.29. The maximum absolute atomic E-state index is 13.7. The van der Waals surface area contributed by atoms with Crippen molar-refractivity contribution in [3.8, 4) is 0 Å². The number of likely N-dealkylation sites (tertiary alicyclic amines) is 1. The molecule has 0 spiro atoms. The van der Waals surface area contributed by atoms with Crippen molar-refractivity contribution in [1.82, 2.24) is 15.5 Å². The fourth-order valence-electron chi connectivity index (χ4n) is 4.58. The van der Waals surface area contributed by atoms with Crippen molar-refractivity contribution in [3.63, 3.8) is 0 Å². The Balaban J connectivity index is 2.29. The van der Waals surface area contributed by atoms with Crippen LogP contribution in [0.3, 0.4) is 0 Å². The van der Waals surface area contributed by atoms with Crippen molar-refractivity contribution in [2.45, 2.75) is 64.6 Å². The van der Waals surface area contributed by atoms with Gasteiger partial charge in [0.25, 0.3) is 0 Å². The van der Waals surface area contributed by atoms with E-state index >= 15 is 0 Å². The van der Waals surface area contributed by atoms with E-state index < -0.39 is 24.0 Å². The highest BCUT2D eigenvalue weighted by atomic mass is 16.3. The van der Waals surface area contributed by atoms with E-state index in [1.54, 1.807) is 18.2 Å². The van der Waals surface area contributed by atoms with Gasteiger partial charge in [-0.15, -0.1) is 0 Å². The van der Waals surface area contributed by atoms with E-state index in [4.69, 9.17) is 22.6 Å². The third kappa shape index (κ3) is 8.06. The number of hydrogen-bond donors (Lipinski definition) is 7. The number of aliphatic hydroxyl groups is 1. The van der Waals surface area contributed by atoms with Crippen LogP contribution < -0.4 is 32.7 Å². The first-order chi connectivity index (χ1) is 18.0. The van der Waals surface area contributed by atoms with Gasteiger partial charge in [0, 0.05) is 43.1 Å². The summed E-state index contributed by atoms with van der Waals surface area (Å²) in [6, 6.07) is 2.79. The molecule has 0 unspecified atom stereocenters. The quantitative estimate of drug-likeness (QED) is 0.0565. The van der Waals surface area contributed by atoms with Crippen LogP contribution in [0, 0.1) is 11.3 Å². The van der Waals surface area contributed by atoms with E-state index in [0.29, 0.717) is 45.4 Å². The molecule has 1 aromatic carbocycles. The van der Waals surface area contributed by atoms with Gasteiger partial charge in [-0.2, -0.15) is 0 Å². The Morgan fingerprint density at radius 1 is 1.29 bits per heavy atom. The van der Waals surface area contributed by atoms with Crippen LogP contribution in [0.5, 0.6) is 0 Å². The largest absolute Gasteiger partial charge is 0.398 e. The molecule has 12 heteroatoms. The number of nitrogens with one attached hydrogen (secondary N) is 3. The van der Waals surface area contributed by atoms with Crippen LogP contribution in [0.4, 0.5) is 11.4 Å². The predicted octanol–water partition coefficient (Wildman–Crippen LogP) is -0.00753. The minimum absolute atomic E-state index is 0.0413. The molecule has 38 heavy (non-hydrogen) atoms. The molecule has 1 saturated heterocycles. The Morgan fingerprint density at radius 3 is 2.61 bits per heavy atom. The molecule has 1 fully saturated rings. The molecule has 3 atom stereocenters. The van der Waals surface area contributed by atoms with E-state index in [0.717, 1.165) is 5.69 Å². The van der Waals surface area contributed by atoms with Gasteiger partial charge in [0.1, 0.15) is 6.04 Å². The predicted molar refractivity (Wildman–Crippen MR) is 149 cm³/mol. The molecule has 0 radical (unpaired) electrons. The number of rotatable bonds is 14. The highest BCUT2D eigenvalue weighted by Crippen LogP contribution is 2.25. The Bertz CT molecular complexity index is 986. The summed E-state index contributed by atoms with van der Waals surface area (Å²) >= 11 is 0. The summed E-state index contributed by atoms with van der Waals surface area (Å²) < 4.78 is 0. The molecule has 212 valence electrons. The van der Waals surface area contributed by atoms with Crippen molar-refractivity contribution in [1.29, 1.82) is 5.41 Å². The number of ketones is 1. The normalized spacial score (nSPS) is 16.7. The summed E-state index contributed by atoms with van der Waals surface area (Å²) in [4.78, 5) is 43.5. The Hall–Kier alpha value is -3.38. The van der Waals surface area contributed by atoms with Crippen LogP contribution in [0.1, 0.15) is 56.8 Å². The lowest BCUT2D eigenvalue weighted by Crippen LogP contribution is -2.54. The third-order valence-corrected chi connectivity index (χ3v) is 6.88. The number of carbonyl (C=O) groups excluding carboxylic acids is 3. The van der Waals surface area contributed by atoms with Crippen LogP contribution in [0.25, 0.3) is 0 Å². The number of amides is 2. The van der Waals surface area contributed by atoms with E-state index in [2.05, 4.69) is 10.6 Å². The van der Waals surface area contributed by atoms with Gasteiger partial charge in [-0.25, -0.2) is 0 Å².